The fourth-order valence-corrected chi connectivity index (χ4v) is 2.17. The molecular formula is C15H19BrN6O2. The summed E-state index contributed by atoms with van der Waals surface area (Å²) in [5, 5.41) is 17.3. The second-order valence-corrected chi connectivity index (χ2v) is 6.15. The molecule has 2 rings (SSSR count). The molecule has 0 aliphatic carbocycles. The number of amides is 2. The van der Waals surface area contributed by atoms with Crippen LogP contribution in [0.4, 0.5) is 0 Å². The van der Waals surface area contributed by atoms with Crippen LogP contribution >= 0.6 is 15.9 Å². The molecule has 0 saturated carbocycles. The van der Waals surface area contributed by atoms with Crippen LogP contribution in [-0.2, 0) is 16.1 Å². The van der Waals surface area contributed by atoms with Gasteiger partial charge in [-0.05, 0) is 42.8 Å². The zero-order valence-electron chi connectivity index (χ0n) is 13.5. The largest absolute Gasteiger partial charge is 0.354 e. The Kier molecular flexibility index (Phi) is 6.42. The second kappa shape index (κ2) is 8.53. The first-order valence-corrected chi connectivity index (χ1v) is 8.39. The van der Waals surface area contributed by atoms with Crippen LogP contribution in [0.3, 0.4) is 0 Å². The molecule has 2 aromatic rings. The normalized spacial score (nSPS) is 11.8. The van der Waals surface area contributed by atoms with Crippen LogP contribution in [-0.4, -0.2) is 44.6 Å². The Balaban J connectivity index is 1.90. The van der Waals surface area contributed by atoms with Crippen molar-refractivity contribution in [3.05, 3.63) is 28.7 Å². The van der Waals surface area contributed by atoms with Gasteiger partial charge in [-0.3, -0.25) is 9.59 Å². The van der Waals surface area contributed by atoms with Gasteiger partial charge < -0.3 is 10.6 Å². The Morgan fingerprint density at radius 2 is 2.00 bits per heavy atom. The van der Waals surface area contributed by atoms with Gasteiger partial charge in [0, 0.05) is 16.6 Å². The molecule has 0 bridgehead atoms. The van der Waals surface area contributed by atoms with Gasteiger partial charge in [0.25, 0.3) is 0 Å². The van der Waals surface area contributed by atoms with Crippen molar-refractivity contribution in [3.63, 3.8) is 0 Å². The molecule has 0 spiro atoms. The maximum Gasteiger partial charge on any atom is 0.244 e. The number of carbonyl (C=O) groups excluding carboxylic acids is 2. The summed E-state index contributed by atoms with van der Waals surface area (Å²) in [6.07, 6.45) is 0.841. The average molecular weight is 395 g/mol. The molecule has 2 amide bonds. The van der Waals surface area contributed by atoms with Gasteiger partial charge in [0.15, 0.2) is 0 Å². The molecular weight excluding hydrogens is 376 g/mol. The molecule has 1 aromatic carbocycles. The summed E-state index contributed by atoms with van der Waals surface area (Å²) < 4.78 is 0.952. The maximum atomic E-state index is 12.0. The third-order valence-corrected chi connectivity index (χ3v) is 3.69. The van der Waals surface area contributed by atoms with E-state index in [1.165, 1.54) is 4.80 Å². The van der Waals surface area contributed by atoms with Crippen LogP contribution in [0.1, 0.15) is 20.3 Å². The highest BCUT2D eigenvalue weighted by molar-refractivity contribution is 9.10. The summed E-state index contributed by atoms with van der Waals surface area (Å²) in [5.74, 6) is -0.134. The number of benzene rings is 1. The topological polar surface area (TPSA) is 102 Å². The van der Waals surface area contributed by atoms with Crippen LogP contribution in [0.15, 0.2) is 28.7 Å². The van der Waals surface area contributed by atoms with Crippen molar-refractivity contribution >= 4 is 27.7 Å². The number of hydrogen-bond acceptors (Lipinski definition) is 5. The molecule has 1 atom stereocenters. The molecule has 9 heteroatoms. The van der Waals surface area contributed by atoms with Crippen molar-refractivity contribution in [2.75, 3.05) is 6.54 Å². The molecule has 1 aromatic heterocycles. The van der Waals surface area contributed by atoms with Crippen molar-refractivity contribution in [2.24, 2.45) is 0 Å². The van der Waals surface area contributed by atoms with E-state index in [0.29, 0.717) is 12.4 Å². The lowest BCUT2D eigenvalue weighted by atomic mass is 10.2. The van der Waals surface area contributed by atoms with Crippen molar-refractivity contribution in [1.29, 1.82) is 0 Å². The Morgan fingerprint density at radius 3 is 2.67 bits per heavy atom. The number of rotatable bonds is 7. The number of carbonyl (C=O) groups is 2. The van der Waals surface area contributed by atoms with Gasteiger partial charge in [-0.15, -0.1) is 10.2 Å². The standard InChI is InChI=1S/C15H19BrN6O2/c1-3-8-17-15(24)10(2)18-13(23)9-22-20-14(19-21-22)11-4-6-12(16)7-5-11/h4-7,10H,3,8-9H2,1-2H3,(H,17,24)(H,18,23)/t10-/m0/s1. The molecule has 0 aliphatic rings. The number of nitrogens with one attached hydrogen (secondary N) is 2. The highest BCUT2D eigenvalue weighted by Gasteiger charge is 2.16. The molecule has 1 heterocycles. The van der Waals surface area contributed by atoms with Crippen molar-refractivity contribution in [1.82, 2.24) is 30.8 Å². The molecule has 128 valence electrons. The number of tetrazole rings is 1. The van der Waals surface area contributed by atoms with Crippen LogP contribution in [0.5, 0.6) is 0 Å². The number of halogens is 1. The van der Waals surface area contributed by atoms with Crippen molar-refractivity contribution in [3.8, 4) is 11.4 Å². The lowest BCUT2D eigenvalue weighted by molar-refractivity contribution is -0.129. The number of aromatic nitrogens is 4. The van der Waals surface area contributed by atoms with E-state index in [2.05, 4.69) is 42.0 Å². The second-order valence-electron chi connectivity index (χ2n) is 5.23. The van der Waals surface area contributed by atoms with E-state index in [1.54, 1.807) is 6.92 Å². The van der Waals surface area contributed by atoms with Gasteiger partial charge in [-0.25, -0.2) is 0 Å². The lowest BCUT2D eigenvalue weighted by Crippen LogP contribution is -2.46. The lowest BCUT2D eigenvalue weighted by Gasteiger charge is -2.13. The Hall–Kier alpha value is -2.29. The van der Waals surface area contributed by atoms with Gasteiger partial charge in [-0.2, -0.15) is 4.80 Å². The summed E-state index contributed by atoms with van der Waals surface area (Å²) in [4.78, 5) is 24.9. The smallest absolute Gasteiger partial charge is 0.244 e. The monoisotopic (exact) mass is 394 g/mol. The van der Waals surface area contributed by atoms with Gasteiger partial charge in [-0.1, -0.05) is 22.9 Å². The van der Waals surface area contributed by atoms with E-state index in [1.807, 2.05) is 31.2 Å². The van der Waals surface area contributed by atoms with Crippen LogP contribution in [0.2, 0.25) is 0 Å². The molecule has 8 nitrogen and oxygen atoms in total. The first kappa shape index (κ1) is 18.1. The Bertz CT molecular complexity index is 700. The molecule has 0 radical (unpaired) electrons. The van der Waals surface area contributed by atoms with Gasteiger partial charge in [0.05, 0.1) is 0 Å². The minimum absolute atomic E-state index is 0.102. The summed E-state index contributed by atoms with van der Waals surface area (Å²) >= 11 is 3.36. The molecule has 0 unspecified atom stereocenters. The van der Waals surface area contributed by atoms with E-state index in [4.69, 9.17) is 0 Å². The zero-order valence-corrected chi connectivity index (χ0v) is 15.1. The third-order valence-electron chi connectivity index (χ3n) is 3.16. The van der Waals surface area contributed by atoms with Crippen LogP contribution in [0.25, 0.3) is 11.4 Å². The van der Waals surface area contributed by atoms with E-state index in [0.717, 1.165) is 16.5 Å². The molecule has 0 saturated heterocycles. The molecule has 0 aliphatic heterocycles. The maximum absolute atomic E-state index is 12.0. The third kappa shape index (κ3) is 5.12. The predicted octanol–water partition coefficient (Wildman–Crippen LogP) is 1.13. The Morgan fingerprint density at radius 1 is 1.29 bits per heavy atom. The summed E-state index contributed by atoms with van der Waals surface area (Å²) in [5.41, 5.74) is 0.803. The first-order valence-electron chi connectivity index (χ1n) is 7.60. The quantitative estimate of drug-likeness (QED) is 0.732. The van der Waals surface area contributed by atoms with Crippen LogP contribution in [0, 0.1) is 0 Å². The van der Waals surface area contributed by atoms with E-state index in [-0.39, 0.29) is 18.4 Å². The minimum atomic E-state index is -0.612. The van der Waals surface area contributed by atoms with Crippen molar-refractivity contribution < 1.29 is 9.59 Å². The van der Waals surface area contributed by atoms with Crippen LogP contribution < -0.4 is 10.6 Å². The molecule has 0 fully saturated rings. The predicted molar refractivity (Wildman–Crippen MR) is 91.9 cm³/mol. The SMILES string of the molecule is CCCNC(=O)[C@H](C)NC(=O)Cn1nnc(-c2ccc(Br)cc2)n1. The highest BCUT2D eigenvalue weighted by Crippen LogP contribution is 2.17. The van der Waals surface area contributed by atoms with Gasteiger partial charge >= 0.3 is 0 Å². The van der Waals surface area contributed by atoms with Gasteiger partial charge in [0.2, 0.25) is 17.6 Å². The number of hydrogen-bond donors (Lipinski definition) is 2. The fourth-order valence-electron chi connectivity index (χ4n) is 1.91. The summed E-state index contributed by atoms with van der Waals surface area (Å²) in [6.45, 7) is 4.07. The summed E-state index contributed by atoms with van der Waals surface area (Å²) in [6, 6.07) is 6.84. The van der Waals surface area contributed by atoms with E-state index < -0.39 is 6.04 Å². The number of nitrogens with zero attached hydrogens (tertiary/aromatic N) is 4. The highest BCUT2D eigenvalue weighted by atomic mass is 79.9. The fraction of sp³-hybridized carbons (Fsp3) is 0.400. The molecule has 2 N–H and O–H groups in total. The van der Waals surface area contributed by atoms with Gasteiger partial charge in [0.1, 0.15) is 12.6 Å². The zero-order chi connectivity index (χ0) is 17.5. The first-order chi connectivity index (χ1) is 11.5. The average Bonchev–Trinajstić information content (AvgIpc) is 3.01. The van der Waals surface area contributed by atoms with Crippen molar-refractivity contribution in [2.45, 2.75) is 32.9 Å². The van der Waals surface area contributed by atoms with E-state index in [9.17, 15) is 9.59 Å². The molecule has 24 heavy (non-hydrogen) atoms. The summed E-state index contributed by atoms with van der Waals surface area (Å²) in [7, 11) is 0. The minimum Gasteiger partial charge on any atom is -0.354 e. The van der Waals surface area contributed by atoms with E-state index >= 15 is 0 Å². The Labute approximate surface area is 148 Å².